The minimum absolute atomic E-state index is 0.220. The van der Waals surface area contributed by atoms with Gasteiger partial charge in [-0.05, 0) is 67.1 Å². The van der Waals surface area contributed by atoms with Gasteiger partial charge in [0.2, 0.25) is 0 Å². The van der Waals surface area contributed by atoms with Gasteiger partial charge in [0.25, 0.3) is 11.8 Å². The fourth-order valence-corrected chi connectivity index (χ4v) is 3.03. The zero-order valence-corrected chi connectivity index (χ0v) is 19.5. The van der Waals surface area contributed by atoms with E-state index >= 15 is 0 Å². The Balaban J connectivity index is 1.60. The molecule has 3 rings (SSSR count). The molecule has 0 atom stereocenters. The van der Waals surface area contributed by atoms with Gasteiger partial charge in [-0.2, -0.15) is 5.10 Å². The maximum atomic E-state index is 12.3. The van der Waals surface area contributed by atoms with Crippen LogP contribution in [0.5, 0.6) is 17.2 Å². The lowest BCUT2D eigenvalue weighted by molar-refractivity contribution is -0.118. The molecule has 2 amide bonds. The van der Waals surface area contributed by atoms with Crippen LogP contribution in [0.25, 0.3) is 0 Å². The number of halogens is 1. The summed E-state index contributed by atoms with van der Waals surface area (Å²) in [5.74, 6) is 0.694. The first-order valence-corrected chi connectivity index (χ1v) is 10.8. The normalized spacial score (nSPS) is 10.6. The van der Waals surface area contributed by atoms with Crippen LogP contribution in [0.15, 0.2) is 71.8 Å². The summed E-state index contributed by atoms with van der Waals surface area (Å²) in [5.41, 5.74) is 4.12. The van der Waals surface area contributed by atoms with Crippen molar-refractivity contribution >= 4 is 35.3 Å². The first-order chi connectivity index (χ1) is 16.5. The average Bonchev–Trinajstić information content (AvgIpc) is 2.84. The number of nitrogens with one attached hydrogen (secondary N) is 2. The summed E-state index contributed by atoms with van der Waals surface area (Å²) in [6.07, 6.45) is 1.48. The van der Waals surface area contributed by atoms with Crippen LogP contribution in [0, 0.1) is 0 Å². The number of nitrogens with zero attached hydrogens (tertiary/aromatic N) is 1. The van der Waals surface area contributed by atoms with Gasteiger partial charge in [-0.1, -0.05) is 23.7 Å². The Morgan fingerprint density at radius 3 is 2.47 bits per heavy atom. The molecule has 2 N–H and O–H groups in total. The number of anilines is 1. The third-order valence-corrected chi connectivity index (χ3v) is 4.75. The summed E-state index contributed by atoms with van der Waals surface area (Å²) in [7, 11) is 1.53. The molecular weight excluding hydrogens is 458 g/mol. The number of hydrogen-bond donors (Lipinski definition) is 2. The molecule has 0 fully saturated rings. The van der Waals surface area contributed by atoms with Crippen LogP contribution >= 0.6 is 11.6 Å². The molecule has 8 nitrogen and oxygen atoms in total. The van der Waals surface area contributed by atoms with Crippen molar-refractivity contribution < 1.29 is 23.8 Å². The topological polar surface area (TPSA) is 98.3 Å². The number of rotatable bonds is 10. The molecule has 0 unspecified atom stereocenters. The fourth-order valence-electron chi connectivity index (χ4n) is 2.90. The summed E-state index contributed by atoms with van der Waals surface area (Å²) in [5, 5.41) is 7.27. The van der Waals surface area contributed by atoms with Crippen molar-refractivity contribution in [1.29, 1.82) is 0 Å². The minimum atomic E-state index is -0.362. The largest absolute Gasteiger partial charge is 0.495 e. The molecule has 0 aliphatic rings. The van der Waals surface area contributed by atoms with Crippen molar-refractivity contribution in [3.63, 3.8) is 0 Å². The van der Waals surface area contributed by atoms with Crippen molar-refractivity contribution in [2.75, 3.05) is 25.6 Å². The van der Waals surface area contributed by atoms with Crippen molar-refractivity contribution in [2.24, 2.45) is 5.10 Å². The Hall–Kier alpha value is -4.04. The molecule has 0 spiro atoms. The molecule has 0 bridgehead atoms. The summed E-state index contributed by atoms with van der Waals surface area (Å²) < 4.78 is 16.5. The van der Waals surface area contributed by atoms with E-state index in [1.54, 1.807) is 60.7 Å². The summed E-state index contributed by atoms with van der Waals surface area (Å²) >= 11 is 5.83. The highest BCUT2D eigenvalue weighted by atomic mass is 35.5. The second kappa shape index (κ2) is 12.3. The highest BCUT2D eigenvalue weighted by Gasteiger charge is 2.11. The molecule has 176 valence electrons. The number of ether oxygens (including phenoxy) is 3. The molecule has 0 heterocycles. The number of hydrazone groups is 1. The molecule has 0 saturated carbocycles. The van der Waals surface area contributed by atoms with E-state index in [4.69, 9.17) is 25.8 Å². The van der Waals surface area contributed by atoms with Gasteiger partial charge in [-0.15, -0.1) is 0 Å². The summed E-state index contributed by atoms with van der Waals surface area (Å²) in [6.45, 7) is 2.02. The lowest BCUT2D eigenvalue weighted by Crippen LogP contribution is -2.20. The Kier molecular flexibility index (Phi) is 8.88. The first kappa shape index (κ1) is 24.6. The Morgan fingerprint density at radius 2 is 1.74 bits per heavy atom. The van der Waals surface area contributed by atoms with Crippen LogP contribution in [0.4, 0.5) is 5.69 Å². The van der Waals surface area contributed by atoms with Gasteiger partial charge in [0.05, 0.1) is 25.6 Å². The number of methoxy groups -OCH3 is 1. The monoisotopic (exact) mass is 481 g/mol. The highest BCUT2D eigenvalue weighted by molar-refractivity contribution is 6.30. The number of para-hydroxylation sites is 2. The molecule has 9 heteroatoms. The molecule has 0 radical (unpaired) electrons. The molecule has 0 aliphatic heterocycles. The second-order valence-electron chi connectivity index (χ2n) is 6.88. The van der Waals surface area contributed by atoms with Crippen LogP contribution in [0.2, 0.25) is 5.02 Å². The van der Waals surface area contributed by atoms with Gasteiger partial charge in [-0.25, -0.2) is 5.43 Å². The number of benzene rings is 3. The molecule has 34 heavy (non-hydrogen) atoms. The lowest BCUT2D eigenvalue weighted by atomic mass is 10.2. The smallest absolute Gasteiger partial charge is 0.271 e. The minimum Gasteiger partial charge on any atom is -0.495 e. The van der Waals surface area contributed by atoms with Gasteiger partial charge in [0, 0.05) is 10.6 Å². The molecule has 0 aliphatic carbocycles. The average molecular weight is 482 g/mol. The molecular formula is C25H24ClN3O5. The number of carbonyl (C=O) groups is 2. The molecule has 3 aromatic rings. The van der Waals surface area contributed by atoms with E-state index in [0.717, 1.165) is 0 Å². The van der Waals surface area contributed by atoms with Gasteiger partial charge >= 0.3 is 0 Å². The zero-order chi connectivity index (χ0) is 24.3. The lowest BCUT2D eigenvalue weighted by Gasteiger charge is -2.13. The van der Waals surface area contributed by atoms with Crippen molar-refractivity contribution in [3.05, 3.63) is 82.9 Å². The van der Waals surface area contributed by atoms with Crippen LogP contribution in [-0.2, 0) is 4.79 Å². The Morgan fingerprint density at radius 1 is 0.971 bits per heavy atom. The third kappa shape index (κ3) is 6.98. The van der Waals surface area contributed by atoms with E-state index in [0.29, 0.717) is 45.7 Å². The van der Waals surface area contributed by atoms with Gasteiger partial charge in [0.15, 0.2) is 18.1 Å². The number of amides is 2. The Labute approximate surface area is 202 Å². The fraction of sp³-hybridized carbons (Fsp3) is 0.160. The van der Waals surface area contributed by atoms with Crippen molar-refractivity contribution in [2.45, 2.75) is 6.92 Å². The standard InChI is InChI=1S/C25H24ClN3O5/c1-3-33-23-14-17(15-27-29-25(31)18-9-11-19(26)12-10-18)8-13-22(23)34-16-24(30)28-20-6-4-5-7-21(20)32-2/h4-15H,3,16H2,1-2H3,(H,28,30)(H,29,31)/b27-15+. The zero-order valence-electron chi connectivity index (χ0n) is 18.7. The van der Waals surface area contributed by atoms with E-state index in [-0.39, 0.29) is 18.4 Å². The number of carbonyl (C=O) groups excluding carboxylic acids is 2. The van der Waals surface area contributed by atoms with E-state index in [1.165, 1.54) is 13.3 Å². The highest BCUT2D eigenvalue weighted by Crippen LogP contribution is 2.28. The van der Waals surface area contributed by atoms with E-state index < -0.39 is 0 Å². The molecule has 0 aromatic heterocycles. The maximum Gasteiger partial charge on any atom is 0.271 e. The molecule has 3 aromatic carbocycles. The van der Waals surface area contributed by atoms with Gasteiger partial charge in [0.1, 0.15) is 5.75 Å². The van der Waals surface area contributed by atoms with Gasteiger partial charge < -0.3 is 19.5 Å². The predicted octanol–water partition coefficient (Wildman–Crippen LogP) is 4.53. The van der Waals surface area contributed by atoms with Crippen LogP contribution < -0.4 is 25.0 Å². The predicted molar refractivity (Wildman–Crippen MR) is 131 cm³/mol. The third-order valence-electron chi connectivity index (χ3n) is 4.49. The van der Waals surface area contributed by atoms with E-state index in [2.05, 4.69) is 15.8 Å². The second-order valence-corrected chi connectivity index (χ2v) is 7.32. The van der Waals surface area contributed by atoms with Crippen molar-refractivity contribution in [3.8, 4) is 17.2 Å². The Bertz CT molecular complexity index is 1170. The summed E-state index contributed by atoms with van der Waals surface area (Å²) in [4.78, 5) is 24.5. The molecule has 0 saturated heterocycles. The van der Waals surface area contributed by atoms with Gasteiger partial charge in [-0.3, -0.25) is 9.59 Å². The van der Waals surface area contributed by atoms with Crippen LogP contribution in [-0.4, -0.2) is 38.4 Å². The van der Waals surface area contributed by atoms with E-state index in [1.807, 2.05) is 13.0 Å². The van der Waals surface area contributed by atoms with E-state index in [9.17, 15) is 9.59 Å². The van der Waals surface area contributed by atoms with Crippen LogP contribution in [0.1, 0.15) is 22.8 Å². The SMILES string of the molecule is CCOc1cc(/C=N/NC(=O)c2ccc(Cl)cc2)ccc1OCC(=O)Nc1ccccc1OC. The maximum absolute atomic E-state index is 12.3. The first-order valence-electron chi connectivity index (χ1n) is 10.4. The number of hydrogen-bond acceptors (Lipinski definition) is 6. The van der Waals surface area contributed by atoms with Crippen molar-refractivity contribution in [1.82, 2.24) is 5.43 Å². The van der Waals surface area contributed by atoms with Crippen LogP contribution in [0.3, 0.4) is 0 Å². The summed E-state index contributed by atoms with van der Waals surface area (Å²) in [6, 6.07) is 18.7. The quantitative estimate of drug-likeness (QED) is 0.327.